The molecule has 2 aromatic rings. The molecule has 5 N–H and O–H groups in total. The lowest BCUT2D eigenvalue weighted by Gasteiger charge is -2.09. The summed E-state index contributed by atoms with van der Waals surface area (Å²) in [7, 11) is 1.91. The zero-order chi connectivity index (χ0) is 13.3. The molecule has 0 bridgehead atoms. The minimum atomic E-state index is 0.361. The van der Waals surface area contributed by atoms with E-state index in [1.54, 1.807) is 10.7 Å². The summed E-state index contributed by atoms with van der Waals surface area (Å²) >= 11 is 0. The Morgan fingerprint density at radius 3 is 2.56 bits per heavy atom. The molecule has 0 atom stereocenters. The van der Waals surface area contributed by atoms with Crippen molar-refractivity contribution in [2.45, 2.75) is 19.8 Å². The van der Waals surface area contributed by atoms with Crippen molar-refractivity contribution >= 4 is 22.7 Å². The first kappa shape index (κ1) is 12.3. The molecule has 5 heteroatoms. The Balaban J connectivity index is 2.30. The van der Waals surface area contributed by atoms with Crippen LogP contribution < -0.4 is 16.8 Å². The molecule has 0 amide bonds. The van der Waals surface area contributed by atoms with Crippen LogP contribution in [0.4, 0.5) is 22.7 Å². The number of anilines is 4. The van der Waals surface area contributed by atoms with Gasteiger partial charge in [0.25, 0.3) is 0 Å². The molecule has 0 aliphatic carbocycles. The molecule has 0 unspecified atom stereocenters. The Morgan fingerprint density at radius 2 is 1.94 bits per heavy atom. The van der Waals surface area contributed by atoms with Gasteiger partial charge in [0.2, 0.25) is 0 Å². The van der Waals surface area contributed by atoms with Crippen molar-refractivity contribution in [3.8, 4) is 0 Å². The smallest absolute Gasteiger partial charge is 0.0884 e. The summed E-state index contributed by atoms with van der Waals surface area (Å²) in [6.45, 7) is 4.23. The van der Waals surface area contributed by atoms with Crippen LogP contribution in [0.3, 0.4) is 0 Å². The molecule has 0 fully saturated rings. The lowest BCUT2D eigenvalue weighted by atomic mass is 10.1. The van der Waals surface area contributed by atoms with Gasteiger partial charge in [-0.1, -0.05) is 13.8 Å². The highest BCUT2D eigenvalue weighted by Crippen LogP contribution is 2.27. The Hall–Kier alpha value is -2.17. The van der Waals surface area contributed by atoms with Gasteiger partial charge >= 0.3 is 0 Å². The van der Waals surface area contributed by atoms with E-state index in [0.29, 0.717) is 17.3 Å². The lowest BCUT2D eigenvalue weighted by molar-refractivity contribution is 0.713. The number of nitrogens with one attached hydrogen (secondary N) is 1. The SMILES string of the molecule is CC(C)c1nn(C)cc1Nc1ccc(N)c(N)c1. The second kappa shape index (κ2) is 4.60. The van der Waals surface area contributed by atoms with Crippen molar-refractivity contribution in [1.82, 2.24) is 9.78 Å². The molecule has 0 saturated heterocycles. The minimum absolute atomic E-state index is 0.361. The van der Waals surface area contributed by atoms with E-state index in [9.17, 15) is 0 Å². The van der Waals surface area contributed by atoms with Gasteiger partial charge in [-0.15, -0.1) is 0 Å². The van der Waals surface area contributed by atoms with Crippen molar-refractivity contribution in [3.05, 3.63) is 30.1 Å². The first-order valence-corrected chi connectivity index (χ1v) is 5.93. The summed E-state index contributed by atoms with van der Waals surface area (Å²) in [4.78, 5) is 0. The normalized spacial score (nSPS) is 10.9. The molecule has 5 nitrogen and oxygen atoms in total. The number of nitrogens with zero attached hydrogens (tertiary/aromatic N) is 2. The monoisotopic (exact) mass is 245 g/mol. The largest absolute Gasteiger partial charge is 0.397 e. The van der Waals surface area contributed by atoms with E-state index < -0.39 is 0 Å². The summed E-state index contributed by atoms with van der Waals surface area (Å²) in [5.74, 6) is 0.361. The standard InChI is InChI=1S/C13H19N5/c1-8(2)13-12(7-18(3)17-13)16-9-4-5-10(14)11(15)6-9/h4-8,16H,14-15H2,1-3H3. The Bertz CT molecular complexity index is 557. The Kier molecular flexibility index (Phi) is 3.14. The molecule has 96 valence electrons. The number of hydrogen-bond donors (Lipinski definition) is 3. The summed E-state index contributed by atoms with van der Waals surface area (Å²) < 4.78 is 1.80. The third-order valence-corrected chi connectivity index (χ3v) is 2.77. The van der Waals surface area contributed by atoms with Gasteiger partial charge in [0.15, 0.2) is 0 Å². The third-order valence-electron chi connectivity index (χ3n) is 2.77. The van der Waals surface area contributed by atoms with Crippen LogP contribution in [0.1, 0.15) is 25.5 Å². The van der Waals surface area contributed by atoms with Gasteiger partial charge < -0.3 is 16.8 Å². The number of rotatable bonds is 3. The van der Waals surface area contributed by atoms with Crippen LogP contribution in [-0.4, -0.2) is 9.78 Å². The number of aryl methyl sites for hydroxylation is 1. The summed E-state index contributed by atoms with van der Waals surface area (Å²) in [5.41, 5.74) is 15.6. The average Bonchev–Trinajstić information content (AvgIpc) is 2.65. The molecule has 2 rings (SSSR count). The van der Waals surface area contributed by atoms with Gasteiger partial charge in [0.05, 0.1) is 22.8 Å². The number of hydrogen-bond acceptors (Lipinski definition) is 4. The maximum Gasteiger partial charge on any atom is 0.0884 e. The molecule has 0 radical (unpaired) electrons. The first-order valence-electron chi connectivity index (χ1n) is 5.93. The fourth-order valence-corrected chi connectivity index (χ4v) is 1.84. The minimum Gasteiger partial charge on any atom is -0.397 e. The average molecular weight is 245 g/mol. The van der Waals surface area contributed by atoms with Crippen molar-refractivity contribution in [2.24, 2.45) is 7.05 Å². The molecule has 1 heterocycles. The van der Waals surface area contributed by atoms with E-state index in [0.717, 1.165) is 17.1 Å². The molecule has 0 aliphatic heterocycles. The topological polar surface area (TPSA) is 81.9 Å². The summed E-state index contributed by atoms with van der Waals surface area (Å²) in [5, 5.41) is 7.77. The predicted octanol–water partition coefficient (Wildman–Crippen LogP) is 2.45. The molecule has 18 heavy (non-hydrogen) atoms. The number of aromatic nitrogens is 2. The van der Waals surface area contributed by atoms with Crippen molar-refractivity contribution in [1.29, 1.82) is 0 Å². The second-order valence-corrected chi connectivity index (χ2v) is 4.73. The predicted molar refractivity (Wildman–Crippen MR) is 75.8 cm³/mol. The highest BCUT2D eigenvalue weighted by molar-refractivity contribution is 5.72. The van der Waals surface area contributed by atoms with E-state index in [4.69, 9.17) is 11.5 Å². The van der Waals surface area contributed by atoms with Crippen molar-refractivity contribution < 1.29 is 0 Å². The quantitative estimate of drug-likeness (QED) is 0.725. The molecule has 0 spiro atoms. The van der Waals surface area contributed by atoms with Crippen LogP contribution in [0.25, 0.3) is 0 Å². The molecular weight excluding hydrogens is 226 g/mol. The zero-order valence-corrected chi connectivity index (χ0v) is 10.9. The summed E-state index contributed by atoms with van der Waals surface area (Å²) in [6.07, 6.45) is 1.96. The van der Waals surface area contributed by atoms with Crippen LogP contribution in [0, 0.1) is 0 Å². The van der Waals surface area contributed by atoms with E-state index in [2.05, 4.69) is 24.3 Å². The zero-order valence-electron chi connectivity index (χ0n) is 10.9. The fraction of sp³-hybridized carbons (Fsp3) is 0.308. The fourth-order valence-electron chi connectivity index (χ4n) is 1.84. The third kappa shape index (κ3) is 2.40. The van der Waals surface area contributed by atoms with Gasteiger partial charge in [-0.25, -0.2) is 0 Å². The van der Waals surface area contributed by atoms with Crippen LogP contribution >= 0.6 is 0 Å². The molecule has 0 aliphatic rings. The molecule has 0 saturated carbocycles. The van der Waals surface area contributed by atoms with E-state index in [1.807, 2.05) is 25.4 Å². The highest BCUT2D eigenvalue weighted by atomic mass is 15.3. The summed E-state index contributed by atoms with van der Waals surface area (Å²) in [6, 6.07) is 5.53. The molecular formula is C13H19N5. The Morgan fingerprint density at radius 1 is 1.22 bits per heavy atom. The van der Waals surface area contributed by atoms with Crippen LogP contribution in [0.2, 0.25) is 0 Å². The van der Waals surface area contributed by atoms with E-state index >= 15 is 0 Å². The highest BCUT2D eigenvalue weighted by Gasteiger charge is 2.11. The van der Waals surface area contributed by atoms with E-state index in [1.165, 1.54) is 0 Å². The van der Waals surface area contributed by atoms with Crippen LogP contribution in [-0.2, 0) is 7.05 Å². The molecule has 1 aromatic carbocycles. The van der Waals surface area contributed by atoms with Crippen molar-refractivity contribution in [2.75, 3.05) is 16.8 Å². The second-order valence-electron chi connectivity index (χ2n) is 4.73. The van der Waals surface area contributed by atoms with E-state index in [-0.39, 0.29) is 0 Å². The van der Waals surface area contributed by atoms with Gasteiger partial charge in [0.1, 0.15) is 0 Å². The maximum absolute atomic E-state index is 5.79. The van der Waals surface area contributed by atoms with Crippen LogP contribution in [0.15, 0.2) is 24.4 Å². The number of nitrogen functional groups attached to an aromatic ring is 2. The maximum atomic E-state index is 5.79. The van der Waals surface area contributed by atoms with Gasteiger partial charge in [-0.05, 0) is 24.1 Å². The van der Waals surface area contributed by atoms with Gasteiger partial charge in [-0.2, -0.15) is 5.10 Å². The van der Waals surface area contributed by atoms with Gasteiger partial charge in [0, 0.05) is 18.9 Å². The van der Waals surface area contributed by atoms with Crippen molar-refractivity contribution in [3.63, 3.8) is 0 Å². The Labute approximate surface area is 107 Å². The van der Waals surface area contributed by atoms with Gasteiger partial charge in [-0.3, -0.25) is 4.68 Å². The number of nitrogens with two attached hydrogens (primary N) is 2. The number of benzene rings is 1. The molecule has 1 aromatic heterocycles. The lowest BCUT2D eigenvalue weighted by Crippen LogP contribution is -1.99. The van der Waals surface area contributed by atoms with Crippen LogP contribution in [0.5, 0.6) is 0 Å². The first-order chi connectivity index (χ1) is 8.47.